The van der Waals surface area contributed by atoms with Crippen LogP contribution in [-0.4, -0.2) is 58.8 Å². The average molecular weight is 295 g/mol. The van der Waals surface area contributed by atoms with Crippen molar-refractivity contribution in [2.45, 2.75) is 6.42 Å². The summed E-state index contributed by atoms with van der Waals surface area (Å²) in [5, 5.41) is 6.07. The first-order valence-electron chi connectivity index (χ1n) is 6.94. The summed E-state index contributed by atoms with van der Waals surface area (Å²) in [7, 11) is 7.19. The number of nitrogens with zero attached hydrogens (tertiary/aromatic N) is 1. The second kappa shape index (κ2) is 9.20. The van der Waals surface area contributed by atoms with Gasteiger partial charge in [-0.3, -0.25) is 4.79 Å². The topological polar surface area (TPSA) is 62.8 Å². The van der Waals surface area contributed by atoms with E-state index >= 15 is 0 Å². The van der Waals surface area contributed by atoms with Crippen molar-refractivity contribution in [2.75, 3.05) is 53.3 Å². The monoisotopic (exact) mass is 295 g/mol. The fourth-order valence-electron chi connectivity index (χ4n) is 1.77. The molecular formula is C15H25N3O3. The lowest BCUT2D eigenvalue weighted by Crippen LogP contribution is -2.29. The van der Waals surface area contributed by atoms with E-state index in [2.05, 4.69) is 15.5 Å². The van der Waals surface area contributed by atoms with E-state index in [4.69, 9.17) is 9.47 Å². The van der Waals surface area contributed by atoms with Gasteiger partial charge in [-0.2, -0.15) is 0 Å². The molecule has 1 aromatic carbocycles. The number of carbonyl (C=O) groups excluding carboxylic acids is 1. The van der Waals surface area contributed by atoms with Crippen LogP contribution in [0.4, 0.5) is 5.69 Å². The van der Waals surface area contributed by atoms with E-state index in [1.807, 2.05) is 14.1 Å². The molecule has 0 unspecified atom stereocenters. The second-order valence-corrected chi connectivity index (χ2v) is 4.92. The van der Waals surface area contributed by atoms with E-state index in [9.17, 15) is 4.79 Å². The van der Waals surface area contributed by atoms with Gasteiger partial charge in [0.2, 0.25) is 5.91 Å². The smallest absolute Gasteiger partial charge is 0.225 e. The normalized spacial score (nSPS) is 10.5. The largest absolute Gasteiger partial charge is 0.493 e. The number of nitrogens with one attached hydrogen (secondary N) is 2. The Morgan fingerprint density at radius 2 is 1.86 bits per heavy atom. The highest BCUT2D eigenvalue weighted by Gasteiger charge is 2.07. The minimum atomic E-state index is -0.0282. The van der Waals surface area contributed by atoms with Gasteiger partial charge in [0.1, 0.15) is 0 Å². The van der Waals surface area contributed by atoms with E-state index in [-0.39, 0.29) is 5.91 Å². The van der Waals surface area contributed by atoms with Crippen LogP contribution in [0.1, 0.15) is 6.42 Å². The predicted octanol–water partition coefficient (Wildman–Crippen LogP) is 1.18. The molecule has 0 atom stereocenters. The summed E-state index contributed by atoms with van der Waals surface area (Å²) < 4.78 is 10.4. The Morgan fingerprint density at radius 1 is 1.14 bits per heavy atom. The third-order valence-electron chi connectivity index (χ3n) is 2.93. The maximum absolute atomic E-state index is 11.8. The summed E-state index contributed by atoms with van der Waals surface area (Å²) >= 11 is 0. The van der Waals surface area contributed by atoms with Gasteiger partial charge in [0, 0.05) is 37.8 Å². The highest BCUT2D eigenvalue weighted by atomic mass is 16.5. The van der Waals surface area contributed by atoms with E-state index in [1.165, 1.54) is 0 Å². The molecule has 1 amide bonds. The molecule has 0 bridgehead atoms. The van der Waals surface area contributed by atoms with Crippen molar-refractivity contribution in [3.05, 3.63) is 18.2 Å². The van der Waals surface area contributed by atoms with E-state index in [1.54, 1.807) is 32.4 Å². The number of hydrogen-bond acceptors (Lipinski definition) is 5. The van der Waals surface area contributed by atoms with Gasteiger partial charge in [-0.15, -0.1) is 0 Å². The van der Waals surface area contributed by atoms with Crippen LogP contribution >= 0.6 is 0 Å². The molecule has 0 aromatic heterocycles. The lowest BCUT2D eigenvalue weighted by atomic mass is 10.2. The molecule has 0 aliphatic rings. The van der Waals surface area contributed by atoms with Crippen molar-refractivity contribution in [2.24, 2.45) is 0 Å². The van der Waals surface area contributed by atoms with Crippen molar-refractivity contribution < 1.29 is 14.3 Å². The maximum Gasteiger partial charge on any atom is 0.225 e. The first-order valence-corrected chi connectivity index (χ1v) is 6.94. The van der Waals surface area contributed by atoms with Crippen LogP contribution in [-0.2, 0) is 4.79 Å². The van der Waals surface area contributed by atoms with Gasteiger partial charge in [0.15, 0.2) is 11.5 Å². The molecule has 0 fully saturated rings. The molecule has 0 aliphatic heterocycles. The lowest BCUT2D eigenvalue weighted by molar-refractivity contribution is -0.116. The van der Waals surface area contributed by atoms with Crippen LogP contribution in [0.2, 0.25) is 0 Å². The number of hydrogen-bond donors (Lipinski definition) is 2. The number of carbonyl (C=O) groups is 1. The Kier molecular flexibility index (Phi) is 7.56. The number of amides is 1. The van der Waals surface area contributed by atoms with Crippen LogP contribution in [0.15, 0.2) is 18.2 Å². The van der Waals surface area contributed by atoms with Crippen LogP contribution < -0.4 is 20.1 Å². The number of likely N-dealkylation sites (N-methyl/N-ethyl adjacent to an activating group) is 1. The van der Waals surface area contributed by atoms with E-state index in [0.29, 0.717) is 30.2 Å². The first-order chi connectivity index (χ1) is 10.1. The summed E-state index contributed by atoms with van der Waals surface area (Å²) in [4.78, 5) is 13.9. The van der Waals surface area contributed by atoms with Crippen molar-refractivity contribution in [3.8, 4) is 11.5 Å². The van der Waals surface area contributed by atoms with Gasteiger partial charge in [-0.1, -0.05) is 0 Å². The molecule has 21 heavy (non-hydrogen) atoms. The fraction of sp³-hybridized carbons (Fsp3) is 0.533. The Hall–Kier alpha value is -1.79. The SMILES string of the molecule is COc1ccc(NC(=O)CCNCCN(C)C)cc1OC. The van der Waals surface area contributed by atoms with Crippen molar-refractivity contribution in [1.82, 2.24) is 10.2 Å². The Morgan fingerprint density at radius 3 is 2.48 bits per heavy atom. The third kappa shape index (κ3) is 6.46. The zero-order valence-electron chi connectivity index (χ0n) is 13.2. The van der Waals surface area contributed by atoms with Gasteiger partial charge >= 0.3 is 0 Å². The van der Waals surface area contributed by atoms with Gasteiger partial charge in [0.25, 0.3) is 0 Å². The third-order valence-corrected chi connectivity index (χ3v) is 2.93. The number of methoxy groups -OCH3 is 2. The molecular weight excluding hydrogens is 270 g/mol. The minimum absolute atomic E-state index is 0.0282. The highest BCUT2D eigenvalue weighted by molar-refractivity contribution is 5.91. The van der Waals surface area contributed by atoms with Crippen molar-refractivity contribution in [1.29, 1.82) is 0 Å². The van der Waals surface area contributed by atoms with Gasteiger partial charge in [-0.25, -0.2) is 0 Å². The van der Waals surface area contributed by atoms with Crippen molar-refractivity contribution in [3.63, 3.8) is 0 Å². The molecule has 0 radical (unpaired) electrons. The Labute approximate surface area is 126 Å². The predicted molar refractivity (Wildman–Crippen MR) is 84.2 cm³/mol. The van der Waals surface area contributed by atoms with Crippen LogP contribution in [0.5, 0.6) is 11.5 Å². The van der Waals surface area contributed by atoms with E-state index < -0.39 is 0 Å². The van der Waals surface area contributed by atoms with Crippen molar-refractivity contribution >= 4 is 11.6 Å². The molecule has 0 heterocycles. The lowest BCUT2D eigenvalue weighted by Gasteiger charge is -2.11. The summed E-state index contributed by atoms with van der Waals surface area (Å²) in [6, 6.07) is 5.30. The zero-order chi connectivity index (χ0) is 15.7. The van der Waals surface area contributed by atoms with Crippen LogP contribution in [0.25, 0.3) is 0 Å². The second-order valence-electron chi connectivity index (χ2n) is 4.92. The molecule has 6 heteroatoms. The molecule has 1 aromatic rings. The quantitative estimate of drug-likeness (QED) is 0.670. The minimum Gasteiger partial charge on any atom is -0.493 e. The Bertz CT molecular complexity index is 450. The molecule has 6 nitrogen and oxygen atoms in total. The number of anilines is 1. The molecule has 118 valence electrons. The number of benzene rings is 1. The fourth-order valence-corrected chi connectivity index (χ4v) is 1.77. The first kappa shape index (κ1) is 17.3. The van der Waals surface area contributed by atoms with Crippen LogP contribution in [0.3, 0.4) is 0 Å². The highest BCUT2D eigenvalue weighted by Crippen LogP contribution is 2.29. The maximum atomic E-state index is 11.8. The number of rotatable bonds is 9. The molecule has 0 aliphatic carbocycles. The molecule has 1 rings (SSSR count). The molecule has 0 saturated heterocycles. The standard InChI is InChI=1S/C15H25N3O3/c1-18(2)10-9-16-8-7-15(19)17-12-5-6-13(20-3)14(11-12)21-4/h5-6,11,16H,7-10H2,1-4H3,(H,17,19). The van der Waals surface area contributed by atoms with Gasteiger partial charge < -0.3 is 25.0 Å². The summed E-state index contributed by atoms with van der Waals surface area (Å²) in [5.74, 6) is 1.21. The zero-order valence-corrected chi connectivity index (χ0v) is 13.2. The summed E-state index contributed by atoms with van der Waals surface area (Å²) in [5.41, 5.74) is 0.700. The average Bonchev–Trinajstić information content (AvgIpc) is 2.46. The van der Waals surface area contributed by atoms with Crippen LogP contribution in [0, 0.1) is 0 Å². The molecule has 2 N–H and O–H groups in total. The van der Waals surface area contributed by atoms with Gasteiger partial charge in [0.05, 0.1) is 14.2 Å². The molecule has 0 spiro atoms. The number of ether oxygens (including phenoxy) is 2. The van der Waals surface area contributed by atoms with E-state index in [0.717, 1.165) is 13.1 Å². The van der Waals surface area contributed by atoms with Gasteiger partial charge in [-0.05, 0) is 26.2 Å². The Balaban J connectivity index is 2.37. The summed E-state index contributed by atoms with van der Waals surface area (Å²) in [6.07, 6.45) is 0.432. The summed E-state index contributed by atoms with van der Waals surface area (Å²) in [6.45, 7) is 2.49. The molecule has 0 saturated carbocycles.